The second-order valence-corrected chi connectivity index (χ2v) is 7.42. The molecule has 106 valence electrons. The average molecular weight is 336 g/mol. The van der Waals surface area contributed by atoms with E-state index in [0.29, 0.717) is 11.8 Å². The van der Waals surface area contributed by atoms with Crippen molar-refractivity contribution in [1.29, 1.82) is 0 Å². The Bertz CT molecular complexity index is 582. The second-order valence-electron chi connectivity index (χ2n) is 6.51. The van der Waals surface area contributed by atoms with Crippen molar-refractivity contribution in [3.8, 4) is 0 Å². The zero-order chi connectivity index (χ0) is 13.9. The highest BCUT2D eigenvalue weighted by atomic mass is 79.9. The topological polar surface area (TPSA) is 40.5 Å². The molecule has 1 spiro atoms. The predicted octanol–water partition coefficient (Wildman–Crippen LogP) is 2.10. The number of halogens is 1. The molecule has 1 N–H and O–H groups in total. The molecular formula is C16H18BrNO2. The van der Waals surface area contributed by atoms with Gasteiger partial charge in [0.15, 0.2) is 0 Å². The lowest BCUT2D eigenvalue weighted by Gasteiger charge is -2.38. The third kappa shape index (κ3) is 1.70. The van der Waals surface area contributed by atoms with Crippen molar-refractivity contribution in [2.75, 3.05) is 19.7 Å². The monoisotopic (exact) mass is 335 g/mol. The SMILES string of the molecule is O=C([C@H]1C[C@]12CCc1cc(Br)ccc12)N1CC(CO)C1. The highest BCUT2D eigenvalue weighted by Gasteiger charge is 2.62. The first-order valence-corrected chi connectivity index (χ1v) is 8.12. The summed E-state index contributed by atoms with van der Waals surface area (Å²) in [5.41, 5.74) is 2.95. The normalized spacial score (nSPS) is 31.3. The lowest BCUT2D eigenvalue weighted by atomic mass is 9.93. The molecule has 0 radical (unpaired) electrons. The molecule has 3 nitrogen and oxygen atoms in total. The summed E-state index contributed by atoms with van der Waals surface area (Å²) >= 11 is 3.53. The van der Waals surface area contributed by atoms with E-state index in [1.807, 2.05) is 4.90 Å². The number of likely N-dealkylation sites (tertiary alicyclic amines) is 1. The average Bonchev–Trinajstić information content (AvgIpc) is 3.00. The number of benzene rings is 1. The highest BCUT2D eigenvalue weighted by molar-refractivity contribution is 9.10. The maximum atomic E-state index is 12.5. The first-order valence-electron chi connectivity index (χ1n) is 7.32. The summed E-state index contributed by atoms with van der Waals surface area (Å²) in [6, 6.07) is 6.50. The van der Waals surface area contributed by atoms with Crippen LogP contribution in [0.4, 0.5) is 0 Å². The largest absolute Gasteiger partial charge is 0.396 e. The summed E-state index contributed by atoms with van der Waals surface area (Å²) in [4.78, 5) is 14.4. The van der Waals surface area contributed by atoms with E-state index in [-0.39, 0.29) is 17.9 Å². The molecular weight excluding hydrogens is 318 g/mol. The number of amides is 1. The maximum absolute atomic E-state index is 12.5. The number of aliphatic hydroxyl groups is 1. The molecule has 0 unspecified atom stereocenters. The minimum absolute atomic E-state index is 0.136. The highest BCUT2D eigenvalue weighted by Crippen LogP contribution is 2.62. The van der Waals surface area contributed by atoms with Crippen LogP contribution in [0.5, 0.6) is 0 Å². The Morgan fingerprint density at radius 1 is 1.45 bits per heavy atom. The summed E-state index contributed by atoms with van der Waals surface area (Å²) in [5.74, 6) is 0.801. The Morgan fingerprint density at radius 2 is 2.25 bits per heavy atom. The van der Waals surface area contributed by atoms with E-state index in [2.05, 4.69) is 34.1 Å². The van der Waals surface area contributed by atoms with Crippen LogP contribution in [0, 0.1) is 11.8 Å². The van der Waals surface area contributed by atoms with Gasteiger partial charge in [-0.3, -0.25) is 4.79 Å². The van der Waals surface area contributed by atoms with E-state index < -0.39 is 0 Å². The molecule has 0 aromatic heterocycles. The first-order chi connectivity index (χ1) is 9.64. The van der Waals surface area contributed by atoms with Crippen molar-refractivity contribution in [3.05, 3.63) is 33.8 Å². The van der Waals surface area contributed by atoms with Gasteiger partial charge in [-0.15, -0.1) is 0 Å². The molecule has 0 bridgehead atoms. The second kappa shape index (κ2) is 4.31. The maximum Gasteiger partial charge on any atom is 0.226 e. The van der Waals surface area contributed by atoms with Gasteiger partial charge in [0.05, 0.1) is 0 Å². The minimum Gasteiger partial charge on any atom is -0.396 e. The van der Waals surface area contributed by atoms with Gasteiger partial charge in [0.2, 0.25) is 5.91 Å². The Kier molecular flexibility index (Phi) is 2.77. The molecule has 1 aliphatic heterocycles. The Hall–Kier alpha value is -0.870. The molecule has 2 atom stereocenters. The summed E-state index contributed by atoms with van der Waals surface area (Å²) < 4.78 is 1.13. The fourth-order valence-electron chi connectivity index (χ4n) is 4.04. The zero-order valence-electron chi connectivity index (χ0n) is 11.3. The van der Waals surface area contributed by atoms with E-state index in [1.165, 1.54) is 11.1 Å². The molecule has 2 fully saturated rings. The smallest absolute Gasteiger partial charge is 0.226 e. The molecule has 1 saturated heterocycles. The van der Waals surface area contributed by atoms with Gasteiger partial charge in [-0.2, -0.15) is 0 Å². The van der Waals surface area contributed by atoms with Gasteiger partial charge >= 0.3 is 0 Å². The van der Waals surface area contributed by atoms with Gasteiger partial charge in [-0.25, -0.2) is 0 Å². The van der Waals surface area contributed by atoms with Crippen LogP contribution in [-0.2, 0) is 16.6 Å². The minimum atomic E-state index is 0.136. The number of carbonyl (C=O) groups is 1. The van der Waals surface area contributed by atoms with Crippen molar-refractivity contribution in [2.24, 2.45) is 11.8 Å². The third-order valence-corrected chi connectivity index (χ3v) is 5.84. The number of fused-ring (bicyclic) bond motifs is 2. The molecule has 20 heavy (non-hydrogen) atoms. The molecule has 1 amide bonds. The molecule has 1 aromatic carbocycles. The van der Waals surface area contributed by atoms with Crippen LogP contribution in [0.2, 0.25) is 0 Å². The molecule has 1 saturated carbocycles. The predicted molar refractivity (Wildman–Crippen MR) is 79.4 cm³/mol. The number of hydrogen-bond acceptors (Lipinski definition) is 2. The van der Waals surface area contributed by atoms with Gasteiger partial charge in [0, 0.05) is 41.4 Å². The summed E-state index contributed by atoms with van der Waals surface area (Å²) in [5, 5.41) is 9.06. The lowest BCUT2D eigenvalue weighted by Crippen LogP contribution is -2.52. The molecule has 4 heteroatoms. The van der Waals surface area contributed by atoms with Gasteiger partial charge in [0.25, 0.3) is 0 Å². The summed E-state index contributed by atoms with van der Waals surface area (Å²) in [6.07, 6.45) is 3.23. The molecule has 1 aromatic rings. The van der Waals surface area contributed by atoms with Gasteiger partial charge in [0.1, 0.15) is 0 Å². The zero-order valence-corrected chi connectivity index (χ0v) is 12.9. The van der Waals surface area contributed by atoms with Crippen molar-refractivity contribution in [3.63, 3.8) is 0 Å². The number of rotatable bonds is 2. The number of hydrogen-bond donors (Lipinski definition) is 1. The fraction of sp³-hybridized carbons (Fsp3) is 0.562. The van der Waals surface area contributed by atoms with Crippen LogP contribution in [0.3, 0.4) is 0 Å². The summed E-state index contributed by atoms with van der Waals surface area (Å²) in [7, 11) is 0. The standard InChI is InChI=1S/C16H18BrNO2/c17-12-1-2-13-11(5-12)3-4-16(13)6-14(16)15(20)18-7-10(8-18)9-19/h1-2,5,10,14,19H,3-4,6-9H2/t14-,16+/m1/s1. The van der Waals surface area contributed by atoms with Gasteiger partial charge in [-0.05, 0) is 42.5 Å². The van der Waals surface area contributed by atoms with Crippen LogP contribution in [0.1, 0.15) is 24.0 Å². The quantitative estimate of drug-likeness (QED) is 0.899. The van der Waals surface area contributed by atoms with Crippen LogP contribution >= 0.6 is 15.9 Å². The third-order valence-electron chi connectivity index (χ3n) is 5.34. The molecule has 4 rings (SSSR count). The van der Waals surface area contributed by atoms with Crippen molar-refractivity contribution in [2.45, 2.75) is 24.7 Å². The first kappa shape index (κ1) is 12.8. The Morgan fingerprint density at radius 3 is 3.00 bits per heavy atom. The van der Waals surface area contributed by atoms with E-state index >= 15 is 0 Å². The van der Waals surface area contributed by atoms with Crippen LogP contribution in [0.15, 0.2) is 22.7 Å². The molecule has 3 aliphatic rings. The van der Waals surface area contributed by atoms with Crippen molar-refractivity contribution in [1.82, 2.24) is 4.90 Å². The van der Waals surface area contributed by atoms with E-state index in [0.717, 1.165) is 36.8 Å². The van der Waals surface area contributed by atoms with Crippen LogP contribution in [0.25, 0.3) is 0 Å². The van der Waals surface area contributed by atoms with Crippen LogP contribution in [-0.4, -0.2) is 35.6 Å². The van der Waals surface area contributed by atoms with Gasteiger partial charge in [-0.1, -0.05) is 22.0 Å². The van der Waals surface area contributed by atoms with Gasteiger partial charge < -0.3 is 10.0 Å². The fourth-order valence-corrected chi connectivity index (χ4v) is 4.44. The molecule has 2 aliphatic carbocycles. The lowest BCUT2D eigenvalue weighted by molar-refractivity contribution is -0.140. The van der Waals surface area contributed by atoms with E-state index in [4.69, 9.17) is 5.11 Å². The van der Waals surface area contributed by atoms with E-state index in [9.17, 15) is 4.79 Å². The van der Waals surface area contributed by atoms with Crippen LogP contribution < -0.4 is 0 Å². The van der Waals surface area contributed by atoms with E-state index in [1.54, 1.807) is 0 Å². The summed E-state index contributed by atoms with van der Waals surface area (Å²) in [6.45, 7) is 1.70. The van der Waals surface area contributed by atoms with Crippen molar-refractivity contribution < 1.29 is 9.90 Å². The number of carbonyl (C=O) groups excluding carboxylic acids is 1. The number of aryl methyl sites for hydroxylation is 1. The molecule has 1 heterocycles. The Labute approximate surface area is 127 Å². The Balaban J connectivity index is 1.52. The number of aliphatic hydroxyl groups excluding tert-OH is 1. The van der Waals surface area contributed by atoms with Crippen molar-refractivity contribution >= 4 is 21.8 Å². The number of nitrogens with zero attached hydrogens (tertiary/aromatic N) is 1.